The number of rotatable bonds is 1. The van der Waals surface area contributed by atoms with Crippen molar-refractivity contribution >= 4 is 11.6 Å². The number of hydrogen-bond acceptors (Lipinski definition) is 1. The third-order valence-corrected chi connectivity index (χ3v) is 2.09. The fourth-order valence-corrected chi connectivity index (χ4v) is 1.26. The number of halogens is 4. The highest BCUT2D eigenvalue weighted by Gasteiger charge is 2.33. The average Bonchev–Trinajstić information content (AvgIpc) is 2.28. The van der Waals surface area contributed by atoms with Gasteiger partial charge in [-0.25, -0.2) is 0 Å². The molecule has 88 valence electrons. The van der Waals surface area contributed by atoms with Gasteiger partial charge in [-0.3, -0.25) is 0 Å². The smallest absolute Gasteiger partial charge is 0.192 e. The molecule has 5 heteroatoms. The first-order valence-electron chi connectivity index (χ1n) is 4.65. The zero-order chi connectivity index (χ0) is 12.9. The van der Waals surface area contributed by atoms with Gasteiger partial charge < -0.3 is 0 Å². The summed E-state index contributed by atoms with van der Waals surface area (Å²) in [4.78, 5) is 0. The predicted octanol–water partition coefficient (Wildman–Crippen LogP) is 3.56. The zero-order valence-corrected chi connectivity index (χ0v) is 9.36. The van der Waals surface area contributed by atoms with Gasteiger partial charge in [0.1, 0.15) is 0 Å². The maximum absolute atomic E-state index is 12.7. The Balaban J connectivity index is 3.23. The van der Waals surface area contributed by atoms with Crippen molar-refractivity contribution in [3.63, 3.8) is 0 Å². The molecule has 0 atom stereocenters. The molecule has 0 aliphatic heterocycles. The van der Waals surface area contributed by atoms with Gasteiger partial charge in [-0.1, -0.05) is 11.8 Å². The Bertz CT molecular complexity index is 503. The molecule has 0 N–H and O–H groups in total. The summed E-state index contributed by atoms with van der Waals surface area (Å²) in [5.41, 5.74) is -1.07. The zero-order valence-electron chi connectivity index (χ0n) is 8.61. The first-order valence-corrected chi connectivity index (χ1v) is 5.18. The van der Waals surface area contributed by atoms with Crippen molar-refractivity contribution in [2.45, 2.75) is 12.6 Å². The van der Waals surface area contributed by atoms with Crippen molar-refractivity contribution in [3.8, 4) is 17.9 Å². The lowest BCUT2D eigenvalue weighted by Crippen LogP contribution is -2.08. The maximum Gasteiger partial charge on any atom is 0.417 e. The summed E-state index contributed by atoms with van der Waals surface area (Å²) in [6.07, 6.45) is -4.20. The molecule has 0 heterocycles. The van der Waals surface area contributed by atoms with Gasteiger partial charge in [0.05, 0.1) is 17.2 Å². The van der Waals surface area contributed by atoms with Gasteiger partial charge in [0.15, 0.2) is 0 Å². The van der Waals surface area contributed by atoms with Crippen molar-refractivity contribution in [2.24, 2.45) is 0 Å². The fourth-order valence-electron chi connectivity index (χ4n) is 1.16. The van der Waals surface area contributed by atoms with Crippen LogP contribution in [0.1, 0.15) is 23.1 Å². The first-order chi connectivity index (χ1) is 7.99. The Morgan fingerprint density at radius 2 is 2.00 bits per heavy atom. The maximum atomic E-state index is 12.7. The molecule has 0 aromatic heterocycles. The molecule has 0 aliphatic rings. The molecule has 1 nitrogen and oxygen atoms in total. The summed E-state index contributed by atoms with van der Waals surface area (Å²) < 4.78 is 38.0. The number of alkyl halides is 4. The Labute approximate surface area is 102 Å². The van der Waals surface area contributed by atoms with Crippen molar-refractivity contribution in [2.75, 3.05) is 5.88 Å². The SMILES string of the molecule is N#Cc1ccc(C#CCCCl)c(C(F)(F)F)c1. The van der Waals surface area contributed by atoms with Gasteiger partial charge in [0.2, 0.25) is 0 Å². The van der Waals surface area contributed by atoms with Crippen LogP contribution in [-0.4, -0.2) is 5.88 Å². The minimum atomic E-state index is -4.52. The molecule has 0 aliphatic carbocycles. The lowest BCUT2D eigenvalue weighted by Gasteiger charge is -2.09. The molecular weight excluding hydrogens is 251 g/mol. The monoisotopic (exact) mass is 257 g/mol. The molecule has 1 aromatic carbocycles. The molecule has 17 heavy (non-hydrogen) atoms. The Morgan fingerprint density at radius 1 is 1.29 bits per heavy atom. The Kier molecular flexibility index (Phi) is 4.43. The van der Waals surface area contributed by atoms with E-state index in [0.29, 0.717) is 6.42 Å². The van der Waals surface area contributed by atoms with Gasteiger partial charge in [0, 0.05) is 17.9 Å². The van der Waals surface area contributed by atoms with E-state index >= 15 is 0 Å². The van der Waals surface area contributed by atoms with E-state index in [9.17, 15) is 13.2 Å². The molecule has 0 unspecified atom stereocenters. The van der Waals surface area contributed by atoms with Crippen LogP contribution in [0.5, 0.6) is 0 Å². The van der Waals surface area contributed by atoms with Gasteiger partial charge >= 0.3 is 6.18 Å². The minimum absolute atomic E-state index is 0.0415. The minimum Gasteiger partial charge on any atom is -0.192 e. The van der Waals surface area contributed by atoms with E-state index < -0.39 is 11.7 Å². The summed E-state index contributed by atoms with van der Waals surface area (Å²) in [6.45, 7) is 0. The van der Waals surface area contributed by atoms with Gasteiger partial charge in [-0.15, -0.1) is 11.6 Å². The van der Waals surface area contributed by atoms with Crippen LogP contribution >= 0.6 is 11.6 Å². The van der Waals surface area contributed by atoms with Crippen LogP contribution in [0.2, 0.25) is 0 Å². The molecule has 0 fully saturated rings. The first kappa shape index (κ1) is 13.4. The van der Waals surface area contributed by atoms with E-state index in [1.807, 2.05) is 0 Å². The second kappa shape index (κ2) is 5.61. The van der Waals surface area contributed by atoms with Crippen molar-refractivity contribution in [1.82, 2.24) is 0 Å². The molecule has 1 rings (SSSR count). The van der Waals surface area contributed by atoms with Crippen LogP contribution in [0.25, 0.3) is 0 Å². The van der Waals surface area contributed by atoms with Gasteiger partial charge in [0.25, 0.3) is 0 Å². The highest BCUT2D eigenvalue weighted by atomic mass is 35.5. The molecule has 0 amide bonds. The molecule has 0 spiro atoms. The summed E-state index contributed by atoms with van der Waals surface area (Å²) in [6, 6.07) is 4.96. The number of nitriles is 1. The third-order valence-electron chi connectivity index (χ3n) is 1.90. The summed E-state index contributed by atoms with van der Waals surface area (Å²) >= 11 is 5.38. The fraction of sp³-hybridized carbons (Fsp3) is 0.250. The largest absolute Gasteiger partial charge is 0.417 e. The van der Waals surface area contributed by atoms with Crippen molar-refractivity contribution < 1.29 is 13.2 Å². The Hall–Kier alpha value is -1.65. The Morgan fingerprint density at radius 3 is 2.53 bits per heavy atom. The van der Waals surface area contributed by atoms with Crippen LogP contribution in [-0.2, 0) is 6.18 Å². The second-order valence-corrected chi connectivity index (χ2v) is 3.49. The molecule has 1 aromatic rings. The van der Waals surface area contributed by atoms with Crippen molar-refractivity contribution in [1.29, 1.82) is 5.26 Å². The van der Waals surface area contributed by atoms with E-state index in [1.165, 1.54) is 12.1 Å². The number of nitrogens with zero attached hydrogens (tertiary/aromatic N) is 1. The number of benzene rings is 1. The van der Waals surface area contributed by atoms with E-state index in [4.69, 9.17) is 16.9 Å². The molecule has 0 saturated carbocycles. The average molecular weight is 258 g/mol. The highest BCUT2D eigenvalue weighted by molar-refractivity contribution is 6.18. The van der Waals surface area contributed by atoms with E-state index in [2.05, 4.69) is 11.8 Å². The molecular formula is C12H7ClF3N. The summed E-state index contributed by atoms with van der Waals surface area (Å²) in [7, 11) is 0. The lowest BCUT2D eigenvalue weighted by atomic mass is 10.0. The number of hydrogen-bond donors (Lipinski definition) is 0. The van der Waals surface area contributed by atoms with Gasteiger partial charge in [-0.2, -0.15) is 18.4 Å². The molecule has 0 saturated heterocycles. The van der Waals surface area contributed by atoms with Crippen LogP contribution in [0, 0.1) is 23.2 Å². The standard InChI is InChI=1S/C12H7ClF3N/c13-6-2-1-3-10-5-4-9(8-17)7-11(10)12(14,15)16/h4-5,7H,2,6H2. The second-order valence-electron chi connectivity index (χ2n) is 3.11. The lowest BCUT2D eigenvalue weighted by molar-refractivity contribution is -0.137. The van der Waals surface area contributed by atoms with E-state index in [1.54, 1.807) is 6.07 Å². The predicted molar refractivity (Wildman–Crippen MR) is 58.4 cm³/mol. The highest BCUT2D eigenvalue weighted by Crippen LogP contribution is 2.32. The quantitative estimate of drug-likeness (QED) is 0.557. The normalized spacial score (nSPS) is 10.3. The van der Waals surface area contributed by atoms with Crippen LogP contribution in [0.4, 0.5) is 13.2 Å². The third kappa shape index (κ3) is 3.69. The molecule has 0 bridgehead atoms. The van der Waals surface area contributed by atoms with Crippen LogP contribution in [0.3, 0.4) is 0 Å². The summed E-state index contributed by atoms with van der Waals surface area (Å²) in [5, 5.41) is 8.56. The summed E-state index contributed by atoms with van der Waals surface area (Å²) in [5.74, 6) is 5.21. The van der Waals surface area contributed by atoms with E-state index in [0.717, 1.165) is 6.07 Å². The van der Waals surface area contributed by atoms with Crippen LogP contribution < -0.4 is 0 Å². The van der Waals surface area contributed by atoms with E-state index in [-0.39, 0.29) is 17.0 Å². The van der Waals surface area contributed by atoms with Crippen LogP contribution in [0.15, 0.2) is 18.2 Å². The topological polar surface area (TPSA) is 23.8 Å². The molecule has 0 radical (unpaired) electrons. The van der Waals surface area contributed by atoms with Gasteiger partial charge in [-0.05, 0) is 18.2 Å². The van der Waals surface area contributed by atoms with Crippen molar-refractivity contribution in [3.05, 3.63) is 34.9 Å².